The summed E-state index contributed by atoms with van der Waals surface area (Å²) in [5.41, 5.74) is 5.59. The van der Waals surface area contributed by atoms with Crippen molar-refractivity contribution in [3.8, 4) is 0 Å². The molecule has 102 valence electrons. The normalized spacial score (nSPS) is 27.6. The third-order valence-corrected chi connectivity index (χ3v) is 5.26. The molecule has 2 unspecified atom stereocenters. The van der Waals surface area contributed by atoms with Gasteiger partial charge in [0.25, 0.3) is 0 Å². The Morgan fingerprint density at radius 1 is 1.41 bits per heavy atom. The Morgan fingerprint density at radius 2 is 2.06 bits per heavy atom. The Bertz CT molecular complexity index is 330. The van der Waals surface area contributed by atoms with Crippen LogP contribution in [-0.4, -0.2) is 62.7 Å². The molecule has 0 aliphatic carbocycles. The predicted octanol–water partition coefficient (Wildman–Crippen LogP) is -0.142. The SMILES string of the molecule is CC1CN(CCS(=O)(=O)C(C)C)CC(CN)O1. The molecular formula is C11H24N2O3S. The first-order valence-corrected chi connectivity index (χ1v) is 7.86. The van der Waals surface area contributed by atoms with Crippen LogP contribution in [0, 0.1) is 0 Å². The van der Waals surface area contributed by atoms with Crippen molar-refractivity contribution in [1.82, 2.24) is 4.90 Å². The molecule has 0 amide bonds. The van der Waals surface area contributed by atoms with E-state index in [1.807, 2.05) is 6.92 Å². The van der Waals surface area contributed by atoms with E-state index in [1.54, 1.807) is 13.8 Å². The molecule has 0 aromatic carbocycles. The molecule has 1 heterocycles. The standard InChI is InChI=1S/C11H24N2O3S/c1-9(2)17(14,15)5-4-13-7-10(3)16-11(6-12)8-13/h9-11H,4-8,12H2,1-3H3. The number of hydrogen-bond acceptors (Lipinski definition) is 5. The Morgan fingerprint density at radius 3 is 2.59 bits per heavy atom. The third kappa shape index (κ3) is 4.54. The average molecular weight is 264 g/mol. The highest BCUT2D eigenvalue weighted by Gasteiger charge is 2.25. The van der Waals surface area contributed by atoms with Crippen LogP contribution >= 0.6 is 0 Å². The van der Waals surface area contributed by atoms with E-state index in [9.17, 15) is 8.42 Å². The highest BCUT2D eigenvalue weighted by molar-refractivity contribution is 7.92. The second-order valence-electron chi connectivity index (χ2n) is 4.98. The van der Waals surface area contributed by atoms with Gasteiger partial charge in [-0.2, -0.15) is 0 Å². The lowest BCUT2D eigenvalue weighted by atomic mass is 10.2. The quantitative estimate of drug-likeness (QED) is 0.748. The van der Waals surface area contributed by atoms with Crippen LogP contribution < -0.4 is 5.73 Å². The van der Waals surface area contributed by atoms with E-state index < -0.39 is 9.84 Å². The zero-order valence-corrected chi connectivity index (χ0v) is 11.7. The lowest BCUT2D eigenvalue weighted by molar-refractivity contribution is -0.0703. The monoisotopic (exact) mass is 264 g/mol. The lowest BCUT2D eigenvalue weighted by Gasteiger charge is -2.36. The lowest BCUT2D eigenvalue weighted by Crippen LogP contribution is -2.50. The van der Waals surface area contributed by atoms with Crippen LogP contribution in [0.4, 0.5) is 0 Å². The fraction of sp³-hybridized carbons (Fsp3) is 1.00. The van der Waals surface area contributed by atoms with E-state index in [0.29, 0.717) is 13.1 Å². The number of ether oxygens (including phenoxy) is 1. The molecule has 0 aromatic rings. The van der Waals surface area contributed by atoms with Gasteiger partial charge >= 0.3 is 0 Å². The van der Waals surface area contributed by atoms with Crippen molar-refractivity contribution in [3.05, 3.63) is 0 Å². The van der Waals surface area contributed by atoms with E-state index in [2.05, 4.69) is 4.90 Å². The number of hydrogen-bond donors (Lipinski definition) is 1. The first-order chi connectivity index (χ1) is 7.85. The molecule has 5 nitrogen and oxygen atoms in total. The van der Waals surface area contributed by atoms with Crippen LogP contribution in [-0.2, 0) is 14.6 Å². The van der Waals surface area contributed by atoms with Crippen molar-refractivity contribution in [2.24, 2.45) is 5.73 Å². The van der Waals surface area contributed by atoms with Crippen molar-refractivity contribution >= 4 is 9.84 Å². The maximum Gasteiger partial charge on any atom is 0.153 e. The molecule has 17 heavy (non-hydrogen) atoms. The van der Waals surface area contributed by atoms with Gasteiger partial charge in [0.2, 0.25) is 0 Å². The summed E-state index contributed by atoms with van der Waals surface area (Å²) < 4.78 is 29.1. The average Bonchev–Trinajstić information content (AvgIpc) is 2.25. The number of rotatable bonds is 5. The molecule has 0 bridgehead atoms. The van der Waals surface area contributed by atoms with Crippen molar-refractivity contribution < 1.29 is 13.2 Å². The molecule has 2 atom stereocenters. The first kappa shape index (κ1) is 14.9. The van der Waals surface area contributed by atoms with Crippen molar-refractivity contribution in [1.29, 1.82) is 0 Å². The minimum Gasteiger partial charge on any atom is -0.371 e. The van der Waals surface area contributed by atoms with Crippen molar-refractivity contribution in [2.75, 3.05) is 31.9 Å². The van der Waals surface area contributed by atoms with E-state index in [-0.39, 0.29) is 23.2 Å². The van der Waals surface area contributed by atoms with Gasteiger partial charge in [0.05, 0.1) is 23.2 Å². The summed E-state index contributed by atoms with van der Waals surface area (Å²) in [7, 11) is -2.95. The van der Waals surface area contributed by atoms with Crippen LogP contribution in [0.5, 0.6) is 0 Å². The Labute approximate surface area is 104 Å². The Kier molecular flexibility index (Phi) is 5.37. The number of morpholine rings is 1. The second kappa shape index (κ2) is 6.13. The van der Waals surface area contributed by atoms with Gasteiger partial charge in [-0.25, -0.2) is 8.42 Å². The van der Waals surface area contributed by atoms with Crippen LogP contribution in [0.3, 0.4) is 0 Å². The van der Waals surface area contributed by atoms with Gasteiger partial charge < -0.3 is 10.5 Å². The fourth-order valence-corrected chi connectivity index (χ4v) is 2.93. The number of nitrogens with zero attached hydrogens (tertiary/aromatic N) is 1. The zero-order chi connectivity index (χ0) is 13.1. The fourth-order valence-electron chi connectivity index (χ4n) is 1.95. The zero-order valence-electron chi connectivity index (χ0n) is 10.9. The van der Waals surface area contributed by atoms with Gasteiger partial charge in [-0.1, -0.05) is 0 Å². The van der Waals surface area contributed by atoms with Crippen LogP contribution in [0.15, 0.2) is 0 Å². The van der Waals surface area contributed by atoms with Gasteiger partial charge in [0.1, 0.15) is 0 Å². The summed E-state index contributed by atoms with van der Waals surface area (Å²) in [5.74, 6) is 0.217. The molecule has 2 N–H and O–H groups in total. The minimum atomic E-state index is -2.95. The predicted molar refractivity (Wildman–Crippen MR) is 68.8 cm³/mol. The molecule has 6 heteroatoms. The molecule has 0 saturated carbocycles. The van der Waals surface area contributed by atoms with E-state index in [1.165, 1.54) is 0 Å². The molecular weight excluding hydrogens is 240 g/mol. The van der Waals surface area contributed by atoms with Crippen molar-refractivity contribution in [3.63, 3.8) is 0 Å². The third-order valence-electron chi connectivity index (χ3n) is 3.08. The van der Waals surface area contributed by atoms with Gasteiger partial charge in [0, 0.05) is 26.2 Å². The maximum atomic E-state index is 11.7. The molecule has 0 spiro atoms. The second-order valence-corrected chi connectivity index (χ2v) is 7.66. The highest BCUT2D eigenvalue weighted by Crippen LogP contribution is 2.11. The van der Waals surface area contributed by atoms with Gasteiger partial charge in [-0.15, -0.1) is 0 Å². The number of nitrogens with two attached hydrogens (primary N) is 1. The molecule has 1 saturated heterocycles. The smallest absolute Gasteiger partial charge is 0.153 e. The molecule has 1 aliphatic rings. The molecule has 1 aliphatic heterocycles. The Balaban J connectivity index is 2.46. The Hall–Kier alpha value is -0.170. The summed E-state index contributed by atoms with van der Waals surface area (Å²) in [6.45, 7) is 8.01. The highest BCUT2D eigenvalue weighted by atomic mass is 32.2. The minimum absolute atomic E-state index is 0.0282. The molecule has 0 aromatic heterocycles. The van der Waals surface area contributed by atoms with Gasteiger partial charge in [-0.3, -0.25) is 4.90 Å². The van der Waals surface area contributed by atoms with E-state index >= 15 is 0 Å². The van der Waals surface area contributed by atoms with E-state index in [4.69, 9.17) is 10.5 Å². The summed E-state index contributed by atoms with van der Waals surface area (Å²) in [6.07, 6.45) is 0.152. The van der Waals surface area contributed by atoms with Gasteiger partial charge in [-0.05, 0) is 20.8 Å². The molecule has 1 rings (SSSR count). The summed E-state index contributed by atoms with van der Waals surface area (Å²) in [6, 6.07) is 0. The van der Waals surface area contributed by atoms with Crippen molar-refractivity contribution in [2.45, 2.75) is 38.2 Å². The van der Waals surface area contributed by atoms with Crippen LogP contribution in [0.25, 0.3) is 0 Å². The summed E-state index contributed by atoms with van der Waals surface area (Å²) in [5, 5.41) is -0.300. The largest absolute Gasteiger partial charge is 0.371 e. The van der Waals surface area contributed by atoms with Crippen LogP contribution in [0.2, 0.25) is 0 Å². The molecule has 1 fully saturated rings. The van der Waals surface area contributed by atoms with Crippen LogP contribution in [0.1, 0.15) is 20.8 Å². The van der Waals surface area contributed by atoms with E-state index in [0.717, 1.165) is 13.1 Å². The summed E-state index contributed by atoms with van der Waals surface area (Å²) in [4.78, 5) is 2.13. The first-order valence-electron chi connectivity index (χ1n) is 6.14. The topological polar surface area (TPSA) is 72.6 Å². The van der Waals surface area contributed by atoms with Gasteiger partial charge in [0.15, 0.2) is 9.84 Å². The molecule has 0 radical (unpaired) electrons. The number of sulfone groups is 1. The maximum absolute atomic E-state index is 11.7. The summed E-state index contributed by atoms with van der Waals surface area (Å²) >= 11 is 0.